The van der Waals surface area contributed by atoms with Crippen molar-refractivity contribution in [2.24, 2.45) is 0 Å². The molecule has 3 rings (SSSR count). The second kappa shape index (κ2) is 6.28. The smallest absolute Gasteiger partial charge is 0.0650 e. The zero-order chi connectivity index (χ0) is 14.7. The van der Waals surface area contributed by atoms with Crippen molar-refractivity contribution in [2.45, 2.75) is 11.8 Å². The standard InChI is InChI=1S/C20H17Br/c1-15-9-8-14-18(19(15)16-10-4-2-5-11-16)20(21)17-12-6-3-7-13-17/h2-14,20H,1H3. The van der Waals surface area contributed by atoms with Gasteiger partial charge < -0.3 is 0 Å². The lowest BCUT2D eigenvalue weighted by molar-refractivity contribution is 1.17. The highest BCUT2D eigenvalue weighted by Gasteiger charge is 2.16. The molecule has 0 saturated carbocycles. The molecule has 104 valence electrons. The van der Waals surface area contributed by atoms with E-state index in [0.717, 1.165) is 0 Å². The van der Waals surface area contributed by atoms with Crippen molar-refractivity contribution in [3.05, 3.63) is 95.6 Å². The molecular weight excluding hydrogens is 320 g/mol. The van der Waals surface area contributed by atoms with Crippen LogP contribution in [0.15, 0.2) is 78.9 Å². The van der Waals surface area contributed by atoms with Gasteiger partial charge in [0.25, 0.3) is 0 Å². The highest BCUT2D eigenvalue weighted by Crippen LogP contribution is 2.38. The summed E-state index contributed by atoms with van der Waals surface area (Å²) < 4.78 is 0. The minimum atomic E-state index is 0.203. The van der Waals surface area contributed by atoms with E-state index < -0.39 is 0 Å². The zero-order valence-electron chi connectivity index (χ0n) is 12.0. The summed E-state index contributed by atoms with van der Waals surface area (Å²) in [7, 11) is 0. The first kappa shape index (κ1) is 14.1. The molecule has 3 aromatic carbocycles. The van der Waals surface area contributed by atoms with Crippen LogP contribution in [0.2, 0.25) is 0 Å². The van der Waals surface area contributed by atoms with Gasteiger partial charge in [-0.2, -0.15) is 0 Å². The first-order chi connectivity index (χ1) is 10.3. The van der Waals surface area contributed by atoms with E-state index in [0.29, 0.717) is 0 Å². The minimum absolute atomic E-state index is 0.203. The van der Waals surface area contributed by atoms with Crippen LogP contribution in [0.5, 0.6) is 0 Å². The molecule has 0 aliphatic carbocycles. The molecule has 0 saturated heterocycles. The maximum atomic E-state index is 3.88. The van der Waals surface area contributed by atoms with E-state index >= 15 is 0 Å². The summed E-state index contributed by atoms with van der Waals surface area (Å²) in [5.41, 5.74) is 6.49. The molecule has 1 heteroatoms. The number of alkyl halides is 1. The van der Waals surface area contributed by atoms with Crippen LogP contribution in [0.4, 0.5) is 0 Å². The van der Waals surface area contributed by atoms with Gasteiger partial charge in [0.15, 0.2) is 0 Å². The zero-order valence-corrected chi connectivity index (χ0v) is 13.5. The lowest BCUT2D eigenvalue weighted by Gasteiger charge is -2.18. The lowest BCUT2D eigenvalue weighted by Crippen LogP contribution is -1.97. The van der Waals surface area contributed by atoms with Crippen molar-refractivity contribution in [3.8, 4) is 11.1 Å². The van der Waals surface area contributed by atoms with Crippen LogP contribution in [-0.2, 0) is 0 Å². The lowest BCUT2D eigenvalue weighted by atomic mass is 9.91. The molecule has 0 bridgehead atoms. The second-order valence-electron chi connectivity index (χ2n) is 5.18. The van der Waals surface area contributed by atoms with Crippen molar-refractivity contribution < 1.29 is 0 Å². The van der Waals surface area contributed by atoms with Gasteiger partial charge in [0.2, 0.25) is 0 Å². The van der Waals surface area contributed by atoms with E-state index in [-0.39, 0.29) is 4.83 Å². The molecule has 0 aliphatic rings. The largest absolute Gasteiger partial charge is 0.0786 e. The minimum Gasteiger partial charge on any atom is -0.0786 e. The van der Waals surface area contributed by atoms with E-state index in [4.69, 9.17) is 0 Å². The monoisotopic (exact) mass is 336 g/mol. The van der Waals surface area contributed by atoms with Gasteiger partial charge in [0.05, 0.1) is 4.83 Å². The molecule has 0 fully saturated rings. The molecule has 0 amide bonds. The van der Waals surface area contributed by atoms with Crippen molar-refractivity contribution in [1.82, 2.24) is 0 Å². The number of hydrogen-bond donors (Lipinski definition) is 0. The number of rotatable bonds is 3. The fourth-order valence-corrected chi connectivity index (χ4v) is 3.39. The third-order valence-corrected chi connectivity index (χ3v) is 4.75. The molecule has 0 spiro atoms. The van der Waals surface area contributed by atoms with Gasteiger partial charge >= 0.3 is 0 Å². The van der Waals surface area contributed by atoms with Crippen molar-refractivity contribution >= 4 is 15.9 Å². The summed E-state index contributed by atoms with van der Waals surface area (Å²) in [5.74, 6) is 0. The molecule has 0 radical (unpaired) electrons. The predicted molar refractivity (Wildman–Crippen MR) is 93.8 cm³/mol. The van der Waals surface area contributed by atoms with Gasteiger partial charge in [-0.1, -0.05) is 94.8 Å². The number of halogens is 1. The first-order valence-electron chi connectivity index (χ1n) is 7.11. The van der Waals surface area contributed by atoms with Crippen LogP contribution in [0.25, 0.3) is 11.1 Å². The Balaban J connectivity index is 2.14. The molecule has 0 heterocycles. The highest BCUT2D eigenvalue weighted by molar-refractivity contribution is 9.09. The Kier molecular flexibility index (Phi) is 4.21. The van der Waals surface area contributed by atoms with Crippen molar-refractivity contribution in [3.63, 3.8) is 0 Å². The number of benzene rings is 3. The molecule has 0 N–H and O–H groups in total. The highest BCUT2D eigenvalue weighted by atomic mass is 79.9. The fourth-order valence-electron chi connectivity index (χ4n) is 2.70. The third kappa shape index (κ3) is 2.93. The Morgan fingerprint density at radius 1 is 0.714 bits per heavy atom. The van der Waals surface area contributed by atoms with Crippen LogP contribution in [0.3, 0.4) is 0 Å². The maximum absolute atomic E-state index is 3.88. The van der Waals surface area contributed by atoms with Crippen molar-refractivity contribution in [2.75, 3.05) is 0 Å². The molecule has 1 atom stereocenters. The average Bonchev–Trinajstić information content (AvgIpc) is 2.55. The third-order valence-electron chi connectivity index (χ3n) is 3.73. The summed E-state index contributed by atoms with van der Waals surface area (Å²) in [6.45, 7) is 2.18. The molecule has 1 unspecified atom stereocenters. The molecule has 21 heavy (non-hydrogen) atoms. The number of aryl methyl sites for hydroxylation is 1. The quantitative estimate of drug-likeness (QED) is 0.503. The predicted octanol–water partition coefficient (Wildman–Crippen LogP) is 6.15. The van der Waals surface area contributed by atoms with Crippen LogP contribution in [0, 0.1) is 6.92 Å². The SMILES string of the molecule is Cc1cccc(C(Br)c2ccccc2)c1-c1ccccc1. The molecule has 0 aromatic heterocycles. The van der Waals surface area contributed by atoms with Gasteiger partial charge in [0, 0.05) is 0 Å². The number of hydrogen-bond acceptors (Lipinski definition) is 0. The van der Waals surface area contributed by atoms with Gasteiger partial charge in [-0.05, 0) is 34.7 Å². The Bertz CT molecular complexity index is 717. The molecular formula is C20H17Br. The topological polar surface area (TPSA) is 0 Å². The second-order valence-corrected chi connectivity index (χ2v) is 6.09. The molecule has 0 nitrogen and oxygen atoms in total. The maximum Gasteiger partial charge on any atom is 0.0650 e. The van der Waals surface area contributed by atoms with Crippen molar-refractivity contribution in [1.29, 1.82) is 0 Å². The summed E-state index contributed by atoms with van der Waals surface area (Å²) in [6, 6.07) is 27.7. The fraction of sp³-hybridized carbons (Fsp3) is 0.100. The summed E-state index contributed by atoms with van der Waals surface area (Å²) in [6.07, 6.45) is 0. The van der Waals surface area contributed by atoms with E-state index in [1.54, 1.807) is 0 Å². The Labute approximate surface area is 134 Å². The Hall–Kier alpha value is -1.86. The van der Waals surface area contributed by atoms with Crippen LogP contribution in [0.1, 0.15) is 21.5 Å². The van der Waals surface area contributed by atoms with Gasteiger partial charge in [-0.3, -0.25) is 0 Å². The van der Waals surface area contributed by atoms with E-state index in [1.165, 1.54) is 27.8 Å². The first-order valence-corrected chi connectivity index (χ1v) is 8.03. The normalized spacial score (nSPS) is 12.1. The van der Waals surface area contributed by atoms with Crippen LogP contribution in [-0.4, -0.2) is 0 Å². The Morgan fingerprint density at radius 3 is 2.00 bits per heavy atom. The summed E-state index contributed by atoms with van der Waals surface area (Å²) in [4.78, 5) is 0.203. The van der Waals surface area contributed by atoms with Gasteiger partial charge in [-0.25, -0.2) is 0 Å². The Morgan fingerprint density at radius 2 is 1.33 bits per heavy atom. The van der Waals surface area contributed by atoms with Gasteiger partial charge in [0.1, 0.15) is 0 Å². The van der Waals surface area contributed by atoms with Gasteiger partial charge in [-0.15, -0.1) is 0 Å². The summed E-state index contributed by atoms with van der Waals surface area (Å²) >= 11 is 3.88. The summed E-state index contributed by atoms with van der Waals surface area (Å²) in [5, 5.41) is 0. The van der Waals surface area contributed by atoms with E-state index in [9.17, 15) is 0 Å². The molecule has 3 aromatic rings. The van der Waals surface area contributed by atoms with Crippen LogP contribution < -0.4 is 0 Å². The molecule has 0 aliphatic heterocycles. The van der Waals surface area contributed by atoms with E-state index in [1.807, 2.05) is 0 Å². The van der Waals surface area contributed by atoms with Crippen LogP contribution >= 0.6 is 15.9 Å². The average molecular weight is 337 g/mol. The van der Waals surface area contributed by atoms with E-state index in [2.05, 4.69) is 102 Å².